The summed E-state index contributed by atoms with van der Waals surface area (Å²) in [5, 5.41) is 17.5. The van der Waals surface area contributed by atoms with Crippen molar-refractivity contribution in [3.8, 4) is 11.8 Å². The van der Waals surface area contributed by atoms with E-state index in [0.29, 0.717) is 5.92 Å². The van der Waals surface area contributed by atoms with Gasteiger partial charge in [0.1, 0.15) is 10.9 Å². The number of aromatic nitrogens is 4. The van der Waals surface area contributed by atoms with E-state index >= 15 is 0 Å². The second kappa shape index (κ2) is 8.90. The van der Waals surface area contributed by atoms with Crippen molar-refractivity contribution in [3.05, 3.63) is 70.5 Å². The van der Waals surface area contributed by atoms with Crippen LogP contribution in [0.25, 0.3) is 5.69 Å². The average molecular weight is 469 g/mol. The van der Waals surface area contributed by atoms with Crippen LogP contribution in [0.15, 0.2) is 42.7 Å². The summed E-state index contributed by atoms with van der Waals surface area (Å²) in [6, 6.07) is 14.8. The number of piperazine rings is 1. The van der Waals surface area contributed by atoms with Crippen LogP contribution in [0.4, 0.5) is 0 Å². The number of fused-ring (bicyclic) bond motifs is 2. The minimum atomic E-state index is -0.0384. The van der Waals surface area contributed by atoms with Crippen LogP contribution in [0.5, 0.6) is 0 Å². The van der Waals surface area contributed by atoms with Crippen molar-refractivity contribution in [2.24, 2.45) is 7.05 Å². The predicted octanol–water partition coefficient (Wildman–Crippen LogP) is 1.87. The third kappa shape index (κ3) is 4.00. The summed E-state index contributed by atoms with van der Waals surface area (Å²) in [6.45, 7) is 4.42. The second-order valence-electron chi connectivity index (χ2n) is 10.0. The number of rotatable bonds is 4. The van der Waals surface area contributed by atoms with Crippen LogP contribution in [-0.4, -0.2) is 63.5 Å². The summed E-state index contributed by atoms with van der Waals surface area (Å²) in [4.78, 5) is 18.0. The molecule has 0 spiro atoms. The maximum Gasteiger partial charge on any atom is 0.250 e. The van der Waals surface area contributed by atoms with Gasteiger partial charge in [0, 0.05) is 32.7 Å². The Morgan fingerprint density at radius 2 is 1.97 bits per heavy atom. The highest BCUT2D eigenvalue weighted by molar-refractivity contribution is 5.85. The number of carbonyl (C=O) groups is 1. The number of benzene rings is 2. The van der Waals surface area contributed by atoms with Crippen LogP contribution >= 0.6 is 0 Å². The molecule has 2 aromatic carbocycles. The quantitative estimate of drug-likeness (QED) is 0.546. The van der Waals surface area contributed by atoms with Gasteiger partial charge in [-0.05, 0) is 72.1 Å². The predicted molar refractivity (Wildman–Crippen MR) is 129 cm³/mol. The van der Waals surface area contributed by atoms with E-state index in [1.165, 1.54) is 22.3 Å². The number of hydrogen-bond donors (Lipinski definition) is 0. The zero-order valence-electron chi connectivity index (χ0n) is 20.1. The molecule has 1 aromatic heterocycles. The number of aryl methyl sites for hydroxylation is 2. The maximum absolute atomic E-state index is 13.5. The normalized spacial score (nSPS) is 21.5. The Balaban J connectivity index is 1.08. The van der Waals surface area contributed by atoms with E-state index in [1.54, 1.807) is 9.36 Å². The highest BCUT2D eigenvalue weighted by Crippen LogP contribution is 2.37. The van der Waals surface area contributed by atoms with Gasteiger partial charge >= 0.3 is 0 Å². The number of carbonyl (C=O) groups excluding carboxylic acids is 1. The highest BCUT2D eigenvalue weighted by Gasteiger charge is 2.34. The first-order chi connectivity index (χ1) is 17.1. The van der Waals surface area contributed by atoms with Crippen LogP contribution < -0.4 is 4.68 Å². The Kier molecular flexibility index (Phi) is 5.57. The number of tetrazole rings is 1. The lowest BCUT2D eigenvalue weighted by Gasteiger charge is -2.37. The first-order valence-electron chi connectivity index (χ1n) is 12.5. The van der Waals surface area contributed by atoms with Crippen LogP contribution in [0.2, 0.25) is 0 Å². The lowest BCUT2D eigenvalue weighted by Crippen LogP contribution is -2.50. The molecule has 35 heavy (non-hydrogen) atoms. The Hall–Kier alpha value is -3.57. The SMILES string of the molecule is C[n+]1cn(-c2ccc3c(c2)CCC3C(=O)N2CCN(CC3CCc4c(C#N)cccc43)CC2)nn1. The van der Waals surface area contributed by atoms with Gasteiger partial charge in [-0.3, -0.25) is 9.69 Å². The van der Waals surface area contributed by atoms with Gasteiger partial charge in [-0.15, -0.1) is 4.68 Å². The van der Waals surface area contributed by atoms with Gasteiger partial charge in [0.15, 0.2) is 5.21 Å². The summed E-state index contributed by atoms with van der Waals surface area (Å²) < 4.78 is 3.44. The summed E-state index contributed by atoms with van der Waals surface area (Å²) >= 11 is 0. The van der Waals surface area contributed by atoms with Gasteiger partial charge in [0.25, 0.3) is 0 Å². The number of amides is 1. The van der Waals surface area contributed by atoms with Crippen molar-refractivity contribution in [1.82, 2.24) is 24.9 Å². The van der Waals surface area contributed by atoms with Crippen LogP contribution in [0, 0.1) is 11.3 Å². The molecule has 2 unspecified atom stereocenters. The lowest BCUT2D eigenvalue weighted by atomic mass is 9.97. The molecule has 6 rings (SSSR count). The molecular formula is C27H30N7O+. The van der Waals surface area contributed by atoms with Crippen LogP contribution in [0.1, 0.15) is 52.5 Å². The van der Waals surface area contributed by atoms with Crippen molar-refractivity contribution in [1.29, 1.82) is 5.26 Å². The van der Waals surface area contributed by atoms with Crippen molar-refractivity contribution >= 4 is 5.91 Å². The lowest BCUT2D eigenvalue weighted by molar-refractivity contribution is -0.731. The van der Waals surface area contributed by atoms with Crippen molar-refractivity contribution in [2.75, 3.05) is 32.7 Å². The summed E-state index contributed by atoms with van der Waals surface area (Å²) in [5.41, 5.74) is 6.82. The Morgan fingerprint density at radius 1 is 1.11 bits per heavy atom. The molecule has 1 aliphatic heterocycles. The molecule has 8 heteroatoms. The molecular weight excluding hydrogens is 438 g/mol. The van der Waals surface area contributed by atoms with Gasteiger partial charge in [-0.2, -0.15) is 5.26 Å². The first kappa shape index (κ1) is 21.9. The van der Waals surface area contributed by atoms with Gasteiger partial charge in [0.2, 0.25) is 12.2 Å². The second-order valence-corrected chi connectivity index (χ2v) is 10.0. The van der Waals surface area contributed by atoms with E-state index in [4.69, 9.17) is 0 Å². The minimum Gasteiger partial charge on any atom is -0.340 e. The van der Waals surface area contributed by atoms with E-state index in [2.05, 4.69) is 44.5 Å². The fraction of sp³-hybridized carbons (Fsp3) is 0.444. The third-order valence-corrected chi connectivity index (χ3v) is 8.00. The number of hydrogen-bond acceptors (Lipinski definition) is 5. The van der Waals surface area contributed by atoms with E-state index in [0.717, 1.165) is 69.7 Å². The van der Waals surface area contributed by atoms with Crippen LogP contribution in [0.3, 0.4) is 0 Å². The molecule has 0 bridgehead atoms. The van der Waals surface area contributed by atoms with Crippen molar-refractivity contribution < 1.29 is 9.48 Å². The van der Waals surface area contributed by atoms with Gasteiger partial charge in [-0.1, -0.05) is 22.9 Å². The van der Waals surface area contributed by atoms with E-state index in [9.17, 15) is 10.1 Å². The first-order valence-corrected chi connectivity index (χ1v) is 12.5. The largest absolute Gasteiger partial charge is 0.340 e. The van der Waals surface area contributed by atoms with E-state index in [1.807, 2.05) is 31.6 Å². The van der Waals surface area contributed by atoms with Gasteiger partial charge < -0.3 is 4.90 Å². The number of nitrogens with zero attached hydrogens (tertiary/aromatic N) is 7. The monoisotopic (exact) mass is 468 g/mol. The number of nitriles is 1. The average Bonchev–Trinajstić information content (AvgIpc) is 3.62. The molecule has 0 radical (unpaired) electrons. The summed E-state index contributed by atoms with van der Waals surface area (Å²) in [6.07, 6.45) is 5.75. The smallest absolute Gasteiger partial charge is 0.250 e. The molecule has 0 saturated carbocycles. The molecule has 0 N–H and O–H groups in total. The summed E-state index contributed by atoms with van der Waals surface area (Å²) in [5.74, 6) is 0.723. The topological polar surface area (TPSA) is 81.9 Å². The van der Waals surface area contributed by atoms with Gasteiger partial charge in [-0.25, -0.2) is 0 Å². The molecule has 1 fully saturated rings. The third-order valence-electron chi connectivity index (χ3n) is 8.00. The van der Waals surface area contributed by atoms with Crippen LogP contribution in [-0.2, 0) is 24.7 Å². The Morgan fingerprint density at radius 3 is 2.74 bits per heavy atom. The fourth-order valence-corrected chi connectivity index (χ4v) is 6.15. The zero-order chi connectivity index (χ0) is 23.9. The Labute approximate surface area is 205 Å². The fourth-order valence-electron chi connectivity index (χ4n) is 6.15. The molecule has 2 atom stereocenters. The van der Waals surface area contributed by atoms with Crippen molar-refractivity contribution in [2.45, 2.75) is 37.5 Å². The van der Waals surface area contributed by atoms with E-state index < -0.39 is 0 Å². The maximum atomic E-state index is 13.5. The molecule has 1 saturated heterocycles. The zero-order valence-corrected chi connectivity index (χ0v) is 20.1. The Bertz CT molecular complexity index is 1320. The van der Waals surface area contributed by atoms with E-state index in [-0.39, 0.29) is 11.8 Å². The molecule has 3 aromatic rings. The molecule has 2 aliphatic carbocycles. The molecule has 2 heterocycles. The standard InChI is InChI=1S/C27H30N7O/c1-31-18-34(30-29-31)22-7-10-24-19(15-22)5-9-26(24)27(35)33-13-11-32(12-14-33)17-21-6-8-25-20(16-28)3-2-4-23(21)25/h2-4,7,10,15,18,21,26H,5-6,8-9,11-14,17H2,1H3/q+1. The molecule has 8 nitrogen and oxygen atoms in total. The van der Waals surface area contributed by atoms with Gasteiger partial charge in [0.05, 0.1) is 24.6 Å². The molecule has 3 aliphatic rings. The summed E-state index contributed by atoms with van der Waals surface area (Å²) in [7, 11) is 1.85. The molecule has 178 valence electrons. The minimum absolute atomic E-state index is 0.0384. The van der Waals surface area contributed by atoms with Crippen molar-refractivity contribution in [3.63, 3.8) is 0 Å². The molecule has 1 amide bonds. The highest BCUT2D eigenvalue weighted by atomic mass is 16.2.